The molecule has 0 saturated carbocycles. The molecule has 1 unspecified atom stereocenters. The molecular weight excluding hydrogens is 372 g/mol. The number of ether oxygens (including phenoxy) is 1. The minimum atomic E-state index is -1.04. The fraction of sp³-hybridized carbons (Fsp3) is 0.211. The SMILES string of the molecule is COc1cc(Cl)c(C)cc1N1C(=O)CC(Nc2ccc(C(=O)O)cc2)C1=O. The van der Waals surface area contributed by atoms with Gasteiger partial charge in [-0.25, -0.2) is 9.69 Å². The van der Waals surface area contributed by atoms with Crippen molar-refractivity contribution in [2.75, 3.05) is 17.3 Å². The Balaban J connectivity index is 1.85. The first-order chi connectivity index (χ1) is 12.8. The molecule has 2 N–H and O–H groups in total. The Morgan fingerprint density at radius 3 is 2.52 bits per heavy atom. The summed E-state index contributed by atoms with van der Waals surface area (Å²) >= 11 is 6.09. The van der Waals surface area contributed by atoms with Crippen molar-refractivity contribution in [1.29, 1.82) is 0 Å². The van der Waals surface area contributed by atoms with Gasteiger partial charge in [0.15, 0.2) is 0 Å². The zero-order valence-corrected chi connectivity index (χ0v) is 15.4. The molecule has 1 atom stereocenters. The molecule has 27 heavy (non-hydrogen) atoms. The number of nitrogens with zero attached hydrogens (tertiary/aromatic N) is 1. The highest BCUT2D eigenvalue weighted by Gasteiger charge is 2.41. The lowest BCUT2D eigenvalue weighted by Gasteiger charge is -2.19. The van der Waals surface area contributed by atoms with Crippen molar-refractivity contribution in [3.05, 3.63) is 52.5 Å². The molecule has 0 aliphatic carbocycles. The van der Waals surface area contributed by atoms with Gasteiger partial charge in [0.1, 0.15) is 11.8 Å². The minimum Gasteiger partial charge on any atom is -0.495 e. The molecule has 0 radical (unpaired) electrons. The highest BCUT2D eigenvalue weighted by atomic mass is 35.5. The van der Waals surface area contributed by atoms with E-state index >= 15 is 0 Å². The number of imide groups is 1. The standard InChI is InChI=1S/C19H17ClN2O5/c1-10-7-15(16(27-2)8-13(10)20)22-17(23)9-14(18(22)24)21-12-5-3-11(4-6-12)19(25)26/h3-8,14,21H,9H2,1-2H3,(H,25,26). The monoisotopic (exact) mass is 388 g/mol. The summed E-state index contributed by atoms with van der Waals surface area (Å²) in [5.41, 5.74) is 1.75. The average Bonchev–Trinajstić information content (AvgIpc) is 2.91. The third kappa shape index (κ3) is 3.59. The normalized spacial score (nSPS) is 16.6. The number of aryl methyl sites for hydroxylation is 1. The molecule has 0 aromatic heterocycles. The van der Waals surface area contributed by atoms with Gasteiger partial charge in [-0.15, -0.1) is 0 Å². The maximum absolute atomic E-state index is 12.8. The number of methoxy groups -OCH3 is 1. The Labute approximate surface area is 160 Å². The fourth-order valence-electron chi connectivity index (χ4n) is 2.89. The van der Waals surface area contributed by atoms with E-state index in [1.165, 1.54) is 19.2 Å². The lowest BCUT2D eigenvalue weighted by molar-refractivity contribution is -0.121. The molecule has 2 aromatic carbocycles. The molecule has 3 rings (SSSR count). The Morgan fingerprint density at radius 2 is 1.93 bits per heavy atom. The number of benzene rings is 2. The fourth-order valence-corrected chi connectivity index (χ4v) is 3.05. The number of hydrogen-bond acceptors (Lipinski definition) is 5. The van der Waals surface area contributed by atoms with Crippen molar-refractivity contribution >= 4 is 40.8 Å². The molecule has 7 nitrogen and oxygen atoms in total. The molecule has 0 spiro atoms. The van der Waals surface area contributed by atoms with E-state index in [-0.39, 0.29) is 17.9 Å². The molecule has 2 aromatic rings. The molecule has 1 heterocycles. The molecule has 8 heteroatoms. The predicted octanol–water partition coefficient (Wildman–Crippen LogP) is 3.10. The molecule has 1 fully saturated rings. The van der Waals surface area contributed by atoms with Crippen LogP contribution in [0.15, 0.2) is 36.4 Å². The van der Waals surface area contributed by atoms with E-state index < -0.39 is 17.9 Å². The van der Waals surface area contributed by atoms with Gasteiger partial charge in [-0.1, -0.05) is 11.6 Å². The van der Waals surface area contributed by atoms with E-state index in [9.17, 15) is 14.4 Å². The van der Waals surface area contributed by atoms with Crippen LogP contribution < -0.4 is 15.0 Å². The Hall–Kier alpha value is -3.06. The number of rotatable bonds is 5. The van der Waals surface area contributed by atoms with Crippen molar-refractivity contribution in [1.82, 2.24) is 0 Å². The Bertz CT molecular complexity index is 926. The molecule has 140 valence electrons. The number of nitrogens with one attached hydrogen (secondary N) is 1. The van der Waals surface area contributed by atoms with Crippen LogP contribution in [-0.2, 0) is 9.59 Å². The zero-order chi connectivity index (χ0) is 19.7. The summed E-state index contributed by atoms with van der Waals surface area (Å²) < 4.78 is 5.27. The number of carbonyl (C=O) groups excluding carboxylic acids is 2. The second kappa shape index (κ2) is 7.28. The average molecular weight is 389 g/mol. The van der Waals surface area contributed by atoms with E-state index in [0.29, 0.717) is 27.7 Å². The van der Waals surface area contributed by atoms with Gasteiger partial charge in [0.05, 0.1) is 24.8 Å². The quantitative estimate of drug-likeness (QED) is 0.764. The van der Waals surface area contributed by atoms with Gasteiger partial charge in [-0.2, -0.15) is 0 Å². The van der Waals surface area contributed by atoms with Crippen molar-refractivity contribution in [3.8, 4) is 5.75 Å². The summed E-state index contributed by atoms with van der Waals surface area (Å²) in [5.74, 6) is -1.48. The van der Waals surface area contributed by atoms with Crippen LogP contribution in [0.3, 0.4) is 0 Å². The molecule has 1 aliphatic heterocycles. The Morgan fingerprint density at radius 1 is 1.26 bits per heavy atom. The number of carboxylic acids is 1. The highest BCUT2D eigenvalue weighted by molar-refractivity contribution is 6.32. The van der Waals surface area contributed by atoms with E-state index in [1.54, 1.807) is 31.2 Å². The summed E-state index contributed by atoms with van der Waals surface area (Å²) in [5, 5.41) is 12.4. The number of halogens is 1. The highest BCUT2D eigenvalue weighted by Crippen LogP contribution is 2.36. The molecule has 1 saturated heterocycles. The number of anilines is 2. The third-order valence-corrected chi connectivity index (χ3v) is 4.73. The van der Waals surface area contributed by atoms with E-state index in [4.69, 9.17) is 21.4 Å². The van der Waals surface area contributed by atoms with E-state index in [0.717, 1.165) is 4.90 Å². The van der Waals surface area contributed by atoms with Crippen LogP contribution in [0.5, 0.6) is 5.75 Å². The van der Waals surface area contributed by atoms with Gasteiger partial charge in [-0.3, -0.25) is 9.59 Å². The van der Waals surface area contributed by atoms with E-state index in [2.05, 4.69) is 5.32 Å². The first-order valence-corrected chi connectivity index (χ1v) is 8.50. The van der Waals surface area contributed by atoms with Gasteiger partial charge in [-0.05, 0) is 42.8 Å². The zero-order valence-electron chi connectivity index (χ0n) is 14.7. The summed E-state index contributed by atoms with van der Waals surface area (Å²) in [6.07, 6.45) is -0.0235. The number of carbonyl (C=O) groups is 3. The molecule has 2 amide bonds. The van der Waals surface area contributed by atoms with Crippen LogP contribution in [0, 0.1) is 6.92 Å². The second-order valence-corrected chi connectivity index (χ2v) is 6.53. The number of carboxylic acid groups (broad SMARTS) is 1. The van der Waals surface area contributed by atoms with Gasteiger partial charge in [0, 0.05) is 16.8 Å². The predicted molar refractivity (Wildman–Crippen MR) is 101 cm³/mol. The topological polar surface area (TPSA) is 95.9 Å². The van der Waals surface area contributed by atoms with Crippen LogP contribution in [0.4, 0.5) is 11.4 Å². The maximum atomic E-state index is 12.8. The Kier molecular flexibility index (Phi) is 5.05. The summed E-state index contributed by atoms with van der Waals surface area (Å²) in [4.78, 5) is 37.3. The van der Waals surface area contributed by atoms with Crippen molar-refractivity contribution in [3.63, 3.8) is 0 Å². The van der Waals surface area contributed by atoms with Crippen molar-refractivity contribution in [2.24, 2.45) is 0 Å². The summed E-state index contributed by atoms with van der Waals surface area (Å²) in [6, 6.07) is 8.41. The van der Waals surface area contributed by atoms with Gasteiger partial charge < -0.3 is 15.2 Å². The molecular formula is C19H17ClN2O5. The summed E-state index contributed by atoms with van der Waals surface area (Å²) in [6.45, 7) is 1.77. The maximum Gasteiger partial charge on any atom is 0.335 e. The number of aromatic carboxylic acids is 1. The van der Waals surface area contributed by atoms with Crippen LogP contribution in [0.2, 0.25) is 5.02 Å². The second-order valence-electron chi connectivity index (χ2n) is 6.12. The van der Waals surface area contributed by atoms with Crippen molar-refractivity contribution < 1.29 is 24.2 Å². The van der Waals surface area contributed by atoms with Crippen LogP contribution in [0.25, 0.3) is 0 Å². The smallest absolute Gasteiger partial charge is 0.335 e. The largest absolute Gasteiger partial charge is 0.495 e. The molecule has 0 bridgehead atoms. The first kappa shape index (κ1) is 18.7. The molecule has 1 aliphatic rings. The third-order valence-electron chi connectivity index (χ3n) is 4.32. The van der Waals surface area contributed by atoms with Gasteiger partial charge in [0.2, 0.25) is 5.91 Å². The lowest BCUT2D eigenvalue weighted by Crippen LogP contribution is -2.35. The first-order valence-electron chi connectivity index (χ1n) is 8.12. The van der Waals surface area contributed by atoms with Crippen LogP contribution in [-0.4, -0.2) is 36.0 Å². The van der Waals surface area contributed by atoms with Gasteiger partial charge >= 0.3 is 5.97 Å². The number of amides is 2. The van der Waals surface area contributed by atoms with Gasteiger partial charge in [0.25, 0.3) is 5.91 Å². The van der Waals surface area contributed by atoms with E-state index in [1.807, 2.05) is 0 Å². The minimum absolute atomic E-state index is 0.0235. The summed E-state index contributed by atoms with van der Waals surface area (Å²) in [7, 11) is 1.44. The van der Waals surface area contributed by atoms with Crippen LogP contribution >= 0.6 is 11.6 Å². The van der Waals surface area contributed by atoms with Crippen molar-refractivity contribution in [2.45, 2.75) is 19.4 Å². The van der Waals surface area contributed by atoms with Crippen LogP contribution in [0.1, 0.15) is 22.3 Å². The number of hydrogen-bond donors (Lipinski definition) is 2. The lowest BCUT2D eigenvalue weighted by atomic mass is 10.1.